The zero-order valence-electron chi connectivity index (χ0n) is 8.63. The number of alkyl halides is 2. The van der Waals surface area contributed by atoms with E-state index < -0.39 is 12.2 Å². The van der Waals surface area contributed by atoms with Crippen molar-refractivity contribution >= 4 is 11.6 Å². The van der Waals surface area contributed by atoms with Gasteiger partial charge in [-0.1, -0.05) is 41.9 Å². The van der Waals surface area contributed by atoms with Crippen molar-refractivity contribution in [1.29, 1.82) is 0 Å². The summed E-state index contributed by atoms with van der Waals surface area (Å²) in [5.41, 5.74) is -0.0739. The first kappa shape index (κ1) is 12.0. The Morgan fingerprint density at radius 1 is 0.882 bits per heavy atom. The molecule has 0 unspecified atom stereocenters. The van der Waals surface area contributed by atoms with Gasteiger partial charge in [0.1, 0.15) is 5.82 Å². The van der Waals surface area contributed by atoms with E-state index in [1.54, 1.807) is 6.07 Å². The maximum Gasteiger partial charge on any atom is 0.265 e. The van der Waals surface area contributed by atoms with E-state index in [4.69, 9.17) is 11.6 Å². The smallest absolute Gasteiger partial charge is 0.206 e. The van der Waals surface area contributed by atoms with E-state index >= 15 is 0 Å². The first-order chi connectivity index (χ1) is 8.11. The maximum absolute atomic E-state index is 13.6. The highest BCUT2D eigenvalue weighted by Gasteiger charge is 2.19. The largest absolute Gasteiger partial charge is 0.265 e. The average Bonchev–Trinajstić information content (AvgIpc) is 2.28. The maximum atomic E-state index is 13.6. The Balaban J connectivity index is 2.68. The average molecular weight is 257 g/mol. The van der Waals surface area contributed by atoms with Gasteiger partial charge in [0.2, 0.25) is 0 Å². The van der Waals surface area contributed by atoms with Gasteiger partial charge in [-0.15, -0.1) is 0 Å². The molecule has 0 atom stereocenters. The van der Waals surface area contributed by atoms with Crippen LogP contribution in [0.5, 0.6) is 0 Å². The minimum Gasteiger partial charge on any atom is -0.206 e. The van der Waals surface area contributed by atoms with Gasteiger partial charge in [-0.25, -0.2) is 13.2 Å². The third-order valence-electron chi connectivity index (χ3n) is 2.44. The highest BCUT2D eigenvalue weighted by molar-refractivity contribution is 6.31. The topological polar surface area (TPSA) is 0 Å². The van der Waals surface area contributed by atoms with Crippen LogP contribution in [0.3, 0.4) is 0 Å². The third kappa shape index (κ3) is 2.29. The fourth-order valence-electron chi connectivity index (χ4n) is 1.67. The van der Waals surface area contributed by atoms with Crippen molar-refractivity contribution in [3.63, 3.8) is 0 Å². The summed E-state index contributed by atoms with van der Waals surface area (Å²) in [7, 11) is 0. The molecule has 0 amide bonds. The quantitative estimate of drug-likeness (QED) is 0.703. The van der Waals surface area contributed by atoms with Crippen LogP contribution in [0.25, 0.3) is 11.1 Å². The molecule has 0 radical (unpaired) electrons. The summed E-state index contributed by atoms with van der Waals surface area (Å²) in [4.78, 5) is 0. The molecule has 0 aromatic heterocycles. The summed E-state index contributed by atoms with van der Waals surface area (Å²) in [5.74, 6) is -0.545. The normalized spacial score (nSPS) is 10.9. The number of hydrogen-bond donors (Lipinski definition) is 0. The number of benzene rings is 2. The van der Waals surface area contributed by atoms with Crippen molar-refractivity contribution in [3.05, 3.63) is 58.9 Å². The van der Waals surface area contributed by atoms with E-state index in [2.05, 4.69) is 0 Å². The molecule has 0 aliphatic carbocycles. The van der Waals surface area contributed by atoms with Gasteiger partial charge in [0, 0.05) is 11.1 Å². The molecule has 2 aromatic carbocycles. The van der Waals surface area contributed by atoms with Crippen molar-refractivity contribution in [3.8, 4) is 11.1 Å². The number of hydrogen-bond acceptors (Lipinski definition) is 0. The zero-order valence-corrected chi connectivity index (χ0v) is 9.39. The van der Waals surface area contributed by atoms with E-state index in [1.807, 2.05) is 0 Å². The molecule has 0 saturated heterocycles. The van der Waals surface area contributed by atoms with Crippen molar-refractivity contribution in [2.24, 2.45) is 0 Å². The van der Waals surface area contributed by atoms with Crippen LogP contribution >= 0.6 is 11.6 Å². The Bertz CT molecular complexity index is 538. The zero-order chi connectivity index (χ0) is 12.4. The molecule has 0 N–H and O–H groups in total. The van der Waals surface area contributed by atoms with Crippen LogP contribution in [0.1, 0.15) is 12.0 Å². The van der Waals surface area contributed by atoms with E-state index in [0.717, 1.165) is 0 Å². The molecule has 0 saturated carbocycles. The van der Waals surface area contributed by atoms with E-state index in [1.165, 1.54) is 36.4 Å². The second kappa shape index (κ2) is 4.80. The van der Waals surface area contributed by atoms with Gasteiger partial charge in [-0.05, 0) is 17.7 Å². The van der Waals surface area contributed by atoms with Crippen molar-refractivity contribution in [1.82, 2.24) is 0 Å². The van der Waals surface area contributed by atoms with Crippen LogP contribution in [-0.4, -0.2) is 0 Å². The second-order valence-electron chi connectivity index (χ2n) is 3.48. The lowest BCUT2D eigenvalue weighted by molar-refractivity contribution is 0.152. The van der Waals surface area contributed by atoms with E-state index in [-0.39, 0.29) is 21.7 Å². The Kier molecular flexibility index (Phi) is 3.38. The Morgan fingerprint density at radius 3 is 2.18 bits per heavy atom. The molecule has 0 fully saturated rings. The van der Waals surface area contributed by atoms with E-state index in [0.29, 0.717) is 0 Å². The van der Waals surface area contributed by atoms with Crippen LogP contribution in [0.2, 0.25) is 5.02 Å². The van der Waals surface area contributed by atoms with Crippen LogP contribution in [0.15, 0.2) is 42.5 Å². The van der Waals surface area contributed by atoms with Crippen LogP contribution in [0, 0.1) is 5.82 Å². The molecular weight excluding hydrogens is 249 g/mol. The van der Waals surface area contributed by atoms with Gasteiger partial charge in [0.15, 0.2) is 0 Å². The summed E-state index contributed by atoms with van der Waals surface area (Å²) in [6, 6.07) is 10.1. The molecule has 2 aromatic rings. The highest BCUT2D eigenvalue weighted by atomic mass is 35.5. The molecule has 17 heavy (non-hydrogen) atoms. The van der Waals surface area contributed by atoms with Crippen LogP contribution in [0.4, 0.5) is 13.2 Å². The SMILES string of the molecule is Fc1ccccc1-c1cccc(Cl)c1C(F)F. The lowest BCUT2D eigenvalue weighted by atomic mass is 9.99. The summed E-state index contributed by atoms with van der Waals surface area (Å²) in [6.07, 6.45) is -2.74. The standard InChI is InChI=1S/C13H8ClF3/c14-10-6-3-5-9(12(10)13(16)17)8-4-1-2-7-11(8)15/h1-7,13H. The second-order valence-corrected chi connectivity index (χ2v) is 3.89. The first-order valence-corrected chi connectivity index (χ1v) is 5.30. The number of rotatable bonds is 2. The van der Waals surface area contributed by atoms with Gasteiger partial charge >= 0.3 is 0 Å². The van der Waals surface area contributed by atoms with Gasteiger partial charge in [0.25, 0.3) is 6.43 Å². The molecule has 88 valence electrons. The fourth-order valence-corrected chi connectivity index (χ4v) is 1.93. The Labute approximate surface area is 102 Å². The Hall–Kier alpha value is -1.48. The molecule has 0 spiro atoms. The predicted molar refractivity (Wildman–Crippen MR) is 61.8 cm³/mol. The molecule has 0 nitrogen and oxygen atoms in total. The molecule has 2 rings (SSSR count). The molecule has 0 bridgehead atoms. The molecule has 4 heteroatoms. The monoisotopic (exact) mass is 256 g/mol. The Morgan fingerprint density at radius 2 is 1.53 bits per heavy atom. The highest BCUT2D eigenvalue weighted by Crippen LogP contribution is 2.36. The lowest BCUT2D eigenvalue weighted by Crippen LogP contribution is -1.93. The van der Waals surface area contributed by atoms with Crippen molar-refractivity contribution < 1.29 is 13.2 Å². The molecular formula is C13H8ClF3. The van der Waals surface area contributed by atoms with Gasteiger partial charge < -0.3 is 0 Å². The minimum atomic E-state index is -2.74. The molecule has 0 aliphatic rings. The lowest BCUT2D eigenvalue weighted by Gasteiger charge is -2.11. The summed E-state index contributed by atoms with van der Waals surface area (Å²) in [6.45, 7) is 0. The predicted octanol–water partition coefficient (Wildman–Crippen LogP) is 5.08. The van der Waals surface area contributed by atoms with Crippen LogP contribution < -0.4 is 0 Å². The van der Waals surface area contributed by atoms with Crippen molar-refractivity contribution in [2.75, 3.05) is 0 Å². The minimum absolute atomic E-state index is 0.0549. The van der Waals surface area contributed by atoms with Gasteiger partial charge in [-0.2, -0.15) is 0 Å². The van der Waals surface area contributed by atoms with E-state index in [9.17, 15) is 13.2 Å². The third-order valence-corrected chi connectivity index (χ3v) is 2.76. The first-order valence-electron chi connectivity index (χ1n) is 4.92. The van der Waals surface area contributed by atoms with Gasteiger partial charge in [-0.3, -0.25) is 0 Å². The summed E-state index contributed by atoms with van der Waals surface area (Å²) in [5, 5.41) is -0.0549. The fraction of sp³-hybridized carbons (Fsp3) is 0.0769. The number of halogens is 4. The van der Waals surface area contributed by atoms with Gasteiger partial charge in [0.05, 0.1) is 5.02 Å². The molecule has 0 heterocycles. The summed E-state index contributed by atoms with van der Waals surface area (Å²) < 4.78 is 39.4. The van der Waals surface area contributed by atoms with Crippen molar-refractivity contribution in [2.45, 2.75) is 6.43 Å². The summed E-state index contributed by atoms with van der Waals surface area (Å²) >= 11 is 5.72. The molecule has 0 aliphatic heterocycles. The van der Waals surface area contributed by atoms with Crippen LogP contribution in [-0.2, 0) is 0 Å².